The number of aromatic nitrogens is 2. The number of amides is 1. The molecule has 1 aromatic carbocycles. The Balaban J connectivity index is 1.03. The molecule has 204 valence electrons. The van der Waals surface area contributed by atoms with Gasteiger partial charge >= 0.3 is 6.36 Å². The van der Waals surface area contributed by atoms with Gasteiger partial charge in [0.15, 0.2) is 0 Å². The van der Waals surface area contributed by atoms with Gasteiger partial charge in [-0.2, -0.15) is 0 Å². The number of nitrogens with one attached hydrogen (secondary N) is 1. The molecule has 3 aromatic rings. The SMILES string of the molecule is O=C(NC1CCC(CCN2CCc3sc(CCCOC(F)(F)F)nc3C2)CC1)c1cccc2ncccc12. The van der Waals surface area contributed by atoms with Gasteiger partial charge in [0, 0.05) is 47.6 Å². The standard InChI is InChI=1S/C28H33F3N4O2S/c29-28(30,31)37-17-3-7-26-34-24-18-35(16-13-25(24)38-26)15-12-19-8-10-20(11-9-19)33-27(36)22-4-1-6-23-21(22)5-2-14-32-23/h1-2,4-6,14,19-20H,3,7-13,15-18H2,(H,33,36). The van der Waals surface area contributed by atoms with Crippen LogP contribution in [-0.2, 0) is 24.1 Å². The maximum absolute atomic E-state index is 13.0. The van der Waals surface area contributed by atoms with Crippen molar-refractivity contribution < 1.29 is 22.7 Å². The zero-order chi connectivity index (χ0) is 26.5. The minimum absolute atomic E-state index is 0.0216. The number of hydrogen-bond acceptors (Lipinski definition) is 6. The van der Waals surface area contributed by atoms with E-state index in [2.05, 4.69) is 19.9 Å². The summed E-state index contributed by atoms with van der Waals surface area (Å²) in [6.07, 6.45) is 4.32. The van der Waals surface area contributed by atoms with Crippen LogP contribution in [-0.4, -0.2) is 52.9 Å². The van der Waals surface area contributed by atoms with Gasteiger partial charge in [-0.25, -0.2) is 4.98 Å². The third-order valence-corrected chi connectivity index (χ3v) is 8.79. The summed E-state index contributed by atoms with van der Waals surface area (Å²) in [7, 11) is 0. The normalized spacial score (nSPS) is 20.4. The van der Waals surface area contributed by atoms with Gasteiger partial charge in [0.05, 0.1) is 22.8 Å². The molecule has 2 aliphatic rings. The summed E-state index contributed by atoms with van der Waals surface area (Å²) in [6.45, 7) is 2.51. The van der Waals surface area contributed by atoms with Crippen LogP contribution in [0.25, 0.3) is 10.9 Å². The second-order valence-corrected chi connectivity index (χ2v) is 11.4. The smallest absolute Gasteiger partial charge is 0.349 e. The molecular formula is C28H33F3N4O2S. The average molecular weight is 547 g/mol. The summed E-state index contributed by atoms with van der Waals surface area (Å²) in [5.74, 6) is 0.637. The van der Waals surface area contributed by atoms with Crippen molar-refractivity contribution in [2.75, 3.05) is 19.7 Å². The van der Waals surface area contributed by atoms with Gasteiger partial charge in [-0.1, -0.05) is 12.1 Å². The first-order valence-electron chi connectivity index (χ1n) is 13.4. The molecule has 1 fully saturated rings. The number of ether oxygens (including phenoxy) is 1. The van der Waals surface area contributed by atoms with Crippen molar-refractivity contribution in [2.45, 2.75) is 70.3 Å². The number of thiazole rings is 1. The molecule has 0 saturated heterocycles. The van der Waals surface area contributed by atoms with Crippen LogP contribution >= 0.6 is 11.3 Å². The summed E-state index contributed by atoms with van der Waals surface area (Å²) in [5, 5.41) is 5.03. The van der Waals surface area contributed by atoms with Gasteiger partial charge in [0.2, 0.25) is 0 Å². The van der Waals surface area contributed by atoms with Crippen molar-refractivity contribution >= 4 is 28.1 Å². The van der Waals surface area contributed by atoms with E-state index in [1.165, 1.54) is 4.88 Å². The summed E-state index contributed by atoms with van der Waals surface area (Å²) >= 11 is 1.63. The fourth-order valence-electron chi connectivity index (χ4n) is 5.54. The molecule has 0 atom stereocenters. The first-order chi connectivity index (χ1) is 18.3. The second-order valence-electron chi connectivity index (χ2n) is 10.3. The molecule has 1 aliphatic carbocycles. The van der Waals surface area contributed by atoms with Crippen molar-refractivity contribution in [3.63, 3.8) is 0 Å². The molecule has 1 amide bonds. The van der Waals surface area contributed by atoms with Gasteiger partial charge in [-0.05, 0) is 75.6 Å². The highest BCUT2D eigenvalue weighted by atomic mass is 32.1. The number of fused-ring (bicyclic) bond motifs is 2. The molecule has 3 heterocycles. The number of nitrogens with zero attached hydrogens (tertiary/aromatic N) is 3. The van der Waals surface area contributed by atoms with Crippen LogP contribution in [0.2, 0.25) is 0 Å². The highest BCUT2D eigenvalue weighted by molar-refractivity contribution is 7.11. The number of pyridine rings is 1. The Morgan fingerprint density at radius 1 is 1.16 bits per heavy atom. The Morgan fingerprint density at radius 3 is 2.82 bits per heavy atom. The molecular weight excluding hydrogens is 513 g/mol. The van der Waals surface area contributed by atoms with Gasteiger partial charge < -0.3 is 5.32 Å². The quantitative estimate of drug-likeness (QED) is 0.339. The number of hydrogen-bond donors (Lipinski definition) is 1. The highest BCUT2D eigenvalue weighted by Gasteiger charge is 2.29. The van der Waals surface area contributed by atoms with Gasteiger partial charge in [0.1, 0.15) is 0 Å². The zero-order valence-electron chi connectivity index (χ0n) is 21.3. The van der Waals surface area contributed by atoms with Crippen molar-refractivity contribution in [2.24, 2.45) is 5.92 Å². The second kappa shape index (κ2) is 12.1. The molecule has 10 heteroatoms. The van der Waals surface area contributed by atoms with Crippen LogP contribution in [0.1, 0.15) is 64.5 Å². The Hall–Kier alpha value is -2.56. The number of alkyl halides is 3. The zero-order valence-corrected chi connectivity index (χ0v) is 22.1. The van der Waals surface area contributed by atoms with E-state index in [1.54, 1.807) is 17.5 Å². The van der Waals surface area contributed by atoms with Crippen molar-refractivity contribution in [1.82, 2.24) is 20.2 Å². The fourth-order valence-corrected chi connectivity index (χ4v) is 6.65. The predicted octanol–water partition coefficient (Wildman–Crippen LogP) is 5.90. The topological polar surface area (TPSA) is 67.4 Å². The first kappa shape index (κ1) is 27.0. The van der Waals surface area contributed by atoms with Crippen LogP contribution in [0.4, 0.5) is 13.2 Å². The molecule has 1 saturated carbocycles. The summed E-state index contributed by atoms with van der Waals surface area (Å²) in [5.41, 5.74) is 2.60. The largest absolute Gasteiger partial charge is 0.522 e. The molecule has 0 radical (unpaired) electrons. The van der Waals surface area contributed by atoms with Crippen LogP contribution in [0.5, 0.6) is 0 Å². The average Bonchev–Trinajstić information content (AvgIpc) is 3.32. The first-order valence-corrected chi connectivity index (χ1v) is 14.2. The Bertz CT molecular complexity index is 1240. The third kappa shape index (κ3) is 7.09. The van der Waals surface area contributed by atoms with E-state index in [0.717, 1.165) is 79.8 Å². The van der Waals surface area contributed by atoms with Gasteiger partial charge in [-0.3, -0.25) is 19.4 Å². The molecule has 5 rings (SSSR count). The maximum Gasteiger partial charge on any atom is 0.522 e. The minimum atomic E-state index is -4.56. The number of benzene rings is 1. The van der Waals surface area contributed by atoms with Crippen LogP contribution in [0, 0.1) is 5.92 Å². The predicted molar refractivity (Wildman–Crippen MR) is 141 cm³/mol. The van der Waals surface area contributed by atoms with Crippen molar-refractivity contribution in [1.29, 1.82) is 0 Å². The molecule has 2 aromatic heterocycles. The van der Waals surface area contributed by atoms with E-state index in [9.17, 15) is 18.0 Å². The van der Waals surface area contributed by atoms with E-state index in [-0.39, 0.29) is 18.6 Å². The monoisotopic (exact) mass is 546 g/mol. The molecule has 1 aliphatic heterocycles. The van der Waals surface area contributed by atoms with Crippen molar-refractivity contribution in [3.05, 3.63) is 57.7 Å². The number of aryl methyl sites for hydroxylation is 1. The maximum atomic E-state index is 13.0. The van der Waals surface area contributed by atoms with E-state index < -0.39 is 6.36 Å². The van der Waals surface area contributed by atoms with Gasteiger partial charge in [-0.15, -0.1) is 24.5 Å². The van der Waals surface area contributed by atoms with Gasteiger partial charge in [0.25, 0.3) is 5.91 Å². The summed E-state index contributed by atoms with van der Waals surface area (Å²) in [4.78, 5) is 25.7. The molecule has 6 nitrogen and oxygen atoms in total. The molecule has 0 unspecified atom stereocenters. The lowest BCUT2D eigenvalue weighted by molar-refractivity contribution is -0.324. The molecule has 0 bridgehead atoms. The minimum Gasteiger partial charge on any atom is -0.349 e. The Morgan fingerprint density at radius 2 is 2.00 bits per heavy atom. The van der Waals surface area contributed by atoms with Crippen LogP contribution < -0.4 is 5.32 Å². The Kier molecular flexibility index (Phi) is 8.60. The van der Waals surface area contributed by atoms with E-state index in [4.69, 9.17) is 4.98 Å². The number of halogens is 3. The van der Waals surface area contributed by atoms with Crippen molar-refractivity contribution in [3.8, 4) is 0 Å². The van der Waals surface area contributed by atoms with Crippen LogP contribution in [0.3, 0.4) is 0 Å². The van der Waals surface area contributed by atoms with E-state index in [1.807, 2.05) is 30.3 Å². The third-order valence-electron chi connectivity index (χ3n) is 7.58. The van der Waals surface area contributed by atoms with E-state index >= 15 is 0 Å². The fraction of sp³-hybridized carbons (Fsp3) is 0.536. The van der Waals surface area contributed by atoms with Crippen LogP contribution in [0.15, 0.2) is 36.5 Å². The molecule has 1 N–H and O–H groups in total. The lowest BCUT2D eigenvalue weighted by Gasteiger charge is -2.32. The number of carbonyl (C=O) groups is 1. The highest BCUT2D eigenvalue weighted by Crippen LogP contribution is 2.30. The lowest BCUT2D eigenvalue weighted by atomic mass is 9.84. The summed E-state index contributed by atoms with van der Waals surface area (Å²) < 4.78 is 40.3. The summed E-state index contributed by atoms with van der Waals surface area (Å²) in [6, 6.07) is 9.68. The number of carbonyl (C=O) groups excluding carboxylic acids is 1. The lowest BCUT2D eigenvalue weighted by Crippen LogP contribution is -2.38. The molecule has 0 spiro atoms. The van der Waals surface area contributed by atoms with E-state index in [0.29, 0.717) is 24.3 Å². The number of rotatable bonds is 9. The molecule has 38 heavy (non-hydrogen) atoms. The Labute approximate surface area is 224 Å².